The van der Waals surface area contributed by atoms with Gasteiger partial charge in [-0.05, 0) is 27.7 Å². The molecule has 0 unspecified atom stereocenters. The highest BCUT2D eigenvalue weighted by molar-refractivity contribution is 9.09. The van der Waals surface area contributed by atoms with Crippen LogP contribution in [0.25, 0.3) is 0 Å². The molecule has 0 atom stereocenters. The van der Waals surface area contributed by atoms with Gasteiger partial charge in [0, 0.05) is 17.9 Å². The molecule has 0 aromatic heterocycles. The van der Waals surface area contributed by atoms with Gasteiger partial charge in [0.15, 0.2) is 0 Å². The third-order valence-corrected chi connectivity index (χ3v) is 3.75. The lowest BCUT2D eigenvalue weighted by Crippen LogP contribution is -2.47. The van der Waals surface area contributed by atoms with E-state index >= 15 is 0 Å². The van der Waals surface area contributed by atoms with Crippen LogP contribution in [0.5, 0.6) is 0 Å². The highest BCUT2D eigenvalue weighted by Gasteiger charge is 2.26. The Labute approximate surface area is 111 Å². The van der Waals surface area contributed by atoms with Crippen molar-refractivity contribution >= 4 is 32.2 Å². The lowest BCUT2D eigenvalue weighted by Gasteiger charge is -2.24. The second-order valence-electron chi connectivity index (χ2n) is 3.95. The van der Waals surface area contributed by atoms with E-state index in [4.69, 9.17) is 4.74 Å². The molecule has 0 bridgehead atoms. The van der Waals surface area contributed by atoms with Gasteiger partial charge in [-0.25, -0.2) is 9.52 Å². The van der Waals surface area contributed by atoms with Gasteiger partial charge < -0.3 is 4.74 Å². The molecule has 102 valence electrons. The minimum Gasteiger partial charge on any atom is -0.446 e. The van der Waals surface area contributed by atoms with E-state index in [0.29, 0.717) is 5.33 Å². The lowest BCUT2D eigenvalue weighted by molar-refractivity contribution is 0.121. The second kappa shape index (κ2) is 7.17. The molecule has 0 rings (SSSR count). The SMILES string of the molecule is CC(C)OC(=O)NS(=O)(=O)N(CCBr)C(C)C. The summed E-state index contributed by atoms with van der Waals surface area (Å²) in [5.74, 6) is 0. The normalized spacial score (nSPS) is 12.2. The van der Waals surface area contributed by atoms with Crippen LogP contribution in [0, 0.1) is 0 Å². The molecule has 0 aliphatic rings. The molecule has 1 N–H and O–H groups in total. The van der Waals surface area contributed by atoms with E-state index in [1.165, 1.54) is 4.31 Å². The Hall–Kier alpha value is -0.340. The summed E-state index contributed by atoms with van der Waals surface area (Å²) in [6, 6.07) is -0.239. The van der Waals surface area contributed by atoms with Gasteiger partial charge in [-0.2, -0.15) is 12.7 Å². The third kappa shape index (κ3) is 6.23. The van der Waals surface area contributed by atoms with E-state index in [2.05, 4.69) is 15.9 Å². The van der Waals surface area contributed by atoms with Gasteiger partial charge in [0.05, 0.1) is 6.10 Å². The highest BCUT2D eigenvalue weighted by Crippen LogP contribution is 2.06. The third-order valence-electron chi connectivity index (χ3n) is 1.74. The zero-order valence-corrected chi connectivity index (χ0v) is 12.8. The van der Waals surface area contributed by atoms with Crippen LogP contribution in [-0.4, -0.2) is 42.8 Å². The van der Waals surface area contributed by atoms with Gasteiger partial charge in [-0.3, -0.25) is 0 Å². The molecule has 0 saturated carbocycles. The number of rotatable bonds is 6. The summed E-state index contributed by atoms with van der Waals surface area (Å²) in [7, 11) is -3.85. The van der Waals surface area contributed by atoms with Crippen molar-refractivity contribution in [2.45, 2.75) is 39.8 Å². The summed E-state index contributed by atoms with van der Waals surface area (Å²) >= 11 is 3.17. The van der Waals surface area contributed by atoms with Crippen LogP contribution in [0.3, 0.4) is 0 Å². The van der Waals surface area contributed by atoms with Crippen molar-refractivity contribution in [3.63, 3.8) is 0 Å². The van der Waals surface area contributed by atoms with Crippen LogP contribution >= 0.6 is 15.9 Å². The van der Waals surface area contributed by atoms with Crippen LogP contribution in [-0.2, 0) is 14.9 Å². The molecule has 1 amide bonds. The Balaban J connectivity index is 4.69. The molecule has 0 aliphatic heterocycles. The molecule has 0 aliphatic carbocycles. The molecule has 0 radical (unpaired) electrons. The second-order valence-corrected chi connectivity index (χ2v) is 6.37. The molecule has 6 nitrogen and oxygen atoms in total. The molecule has 8 heteroatoms. The lowest BCUT2D eigenvalue weighted by atomic mass is 10.4. The molecule has 0 aromatic carbocycles. The molecule has 0 fully saturated rings. The van der Waals surface area contributed by atoms with Crippen molar-refractivity contribution in [2.24, 2.45) is 0 Å². The van der Waals surface area contributed by atoms with Gasteiger partial charge in [-0.15, -0.1) is 0 Å². The quantitative estimate of drug-likeness (QED) is 0.748. The molecular weight excluding hydrogens is 312 g/mol. The standard InChI is InChI=1S/C9H19BrN2O4S/c1-7(2)12(6-5-10)17(14,15)11-9(13)16-8(3)4/h7-8H,5-6H2,1-4H3,(H,11,13). The van der Waals surface area contributed by atoms with Gasteiger partial charge in [0.2, 0.25) is 0 Å². The predicted molar refractivity (Wildman–Crippen MR) is 69.3 cm³/mol. The zero-order valence-electron chi connectivity index (χ0n) is 10.4. The maximum atomic E-state index is 11.8. The predicted octanol–water partition coefficient (Wildman–Crippen LogP) is 1.47. The topological polar surface area (TPSA) is 75.7 Å². The number of carbonyl (C=O) groups excluding carboxylic acids is 1. The van der Waals surface area contributed by atoms with Crippen LogP contribution in [0.2, 0.25) is 0 Å². The first-order valence-corrected chi connectivity index (χ1v) is 7.83. The van der Waals surface area contributed by atoms with E-state index in [1.807, 2.05) is 4.72 Å². The van der Waals surface area contributed by atoms with Crippen molar-refractivity contribution < 1.29 is 17.9 Å². The Morgan fingerprint density at radius 1 is 1.35 bits per heavy atom. The maximum absolute atomic E-state index is 11.8. The van der Waals surface area contributed by atoms with E-state index in [9.17, 15) is 13.2 Å². The van der Waals surface area contributed by atoms with Crippen molar-refractivity contribution in [2.75, 3.05) is 11.9 Å². The van der Waals surface area contributed by atoms with Gasteiger partial charge in [-0.1, -0.05) is 15.9 Å². The smallest absolute Gasteiger partial charge is 0.422 e. The molecule has 0 aromatic rings. The summed E-state index contributed by atoms with van der Waals surface area (Å²) in [5, 5.41) is 0.491. The first-order valence-electron chi connectivity index (χ1n) is 5.27. The van der Waals surface area contributed by atoms with Crippen molar-refractivity contribution in [3.8, 4) is 0 Å². The fourth-order valence-corrected chi connectivity index (χ4v) is 3.02. The summed E-state index contributed by atoms with van der Waals surface area (Å²) < 4.78 is 31.5. The fraction of sp³-hybridized carbons (Fsp3) is 0.889. The average molecular weight is 331 g/mol. The summed E-state index contributed by atoms with van der Waals surface area (Å²) in [4.78, 5) is 11.2. The number of nitrogens with zero attached hydrogens (tertiary/aromatic N) is 1. The summed E-state index contributed by atoms with van der Waals surface area (Å²) in [6.07, 6.45) is -1.32. The van der Waals surface area contributed by atoms with Gasteiger partial charge in [0.1, 0.15) is 0 Å². The Morgan fingerprint density at radius 3 is 2.24 bits per heavy atom. The van der Waals surface area contributed by atoms with E-state index < -0.39 is 16.3 Å². The Kier molecular flexibility index (Phi) is 7.03. The molecule has 0 saturated heterocycles. The molecule has 0 heterocycles. The minimum absolute atomic E-state index is 0.239. The van der Waals surface area contributed by atoms with E-state index in [0.717, 1.165) is 0 Å². The van der Waals surface area contributed by atoms with E-state index in [1.54, 1.807) is 27.7 Å². The average Bonchev–Trinajstić information content (AvgIpc) is 2.10. The van der Waals surface area contributed by atoms with Crippen molar-refractivity contribution in [1.82, 2.24) is 9.03 Å². The Morgan fingerprint density at radius 2 is 1.88 bits per heavy atom. The first-order chi connectivity index (χ1) is 7.70. The van der Waals surface area contributed by atoms with Gasteiger partial charge >= 0.3 is 16.3 Å². The molecule has 0 spiro atoms. The number of alkyl halides is 1. The largest absolute Gasteiger partial charge is 0.446 e. The summed E-state index contributed by atoms with van der Waals surface area (Å²) in [6.45, 7) is 7.03. The number of halogens is 1. The fourth-order valence-electron chi connectivity index (χ4n) is 1.14. The zero-order chi connectivity index (χ0) is 13.6. The summed E-state index contributed by atoms with van der Waals surface area (Å²) in [5.41, 5.74) is 0. The van der Waals surface area contributed by atoms with Crippen LogP contribution < -0.4 is 4.72 Å². The number of hydrogen-bond donors (Lipinski definition) is 1. The number of amides is 1. The van der Waals surface area contributed by atoms with Crippen LogP contribution in [0.4, 0.5) is 4.79 Å². The molecular formula is C9H19BrN2O4S. The number of ether oxygens (including phenoxy) is 1. The number of carbonyl (C=O) groups is 1. The van der Waals surface area contributed by atoms with Crippen molar-refractivity contribution in [1.29, 1.82) is 0 Å². The monoisotopic (exact) mass is 330 g/mol. The van der Waals surface area contributed by atoms with Crippen LogP contribution in [0.1, 0.15) is 27.7 Å². The highest BCUT2D eigenvalue weighted by atomic mass is 79.9. The first kappa shape index (κ1) is 16.7. The van der Waals surface area contributed by atoms with Crippen molar-refractivity contribution in [3.05, 3.63) is 0 Å². The maximum Gasteiger partial charge on any atom is 0.422 e. The molecule has 17 heavy (non-hydrogen) atoms. The Bertz CT molecular complexity index is 343. The van der Waals surface area contributed by atoms with Crippen LogP contribution in [0.15, 0.2) is 0 Å². The van der Waals surface area contributed by atoms with E-state index in [-0.39, 0.29) is 18.7 Å². The number of nitrogens with one attached hydrogen (secondary N) is 1. The number of hydrogen-bond acceptors (Lipinski definition) is 4. The minimum atomic E-state index is -3.85. The van der Waals surface area contributed by atoms with Gasteiger partial charge in [0.25, 0.3) is 0 Å².